The summed E-state index contributed by atoms with van der Waals surface area (Å²) in [4.78, 5) is 13.9. The molecule has 1 amide bonds. The Morgan fingerprint density at radius 3 is 2.29 bits per heavy atom. The average Bonchev–Trinajstić information content (AvgIpc) is 2.68. The van der Waals surface area contributed by atoms with Gasteiger partial charge >= 0.3 is 0 Å². The molecule has 0 aromatic rings. The predicted octanol–water partition coefficient (Wildman–Crippen LogP) is 2.15. The molecule has 1 saturated heterocycles. The number of nitrogens with zero attached hydrogens (tertiary/aromatic N) is 1. The van der Waals surface area contributed by atoms with Crippen molar-refractivity contribution < 1.29 is 4.79 Å². The van der Waals surface area contributed by atoms with Crippen LogP contribution in [0.2, 0.25) is 0 Å². The first-order chi connectivity index (χ1) is 6.47. The lowest BCUT2D eigenvalue weighted by atomic mass is 10.1. The summed E-state index contributed by atoms with van der Waals surface area (Å²) in [6, 6.07) is 0. The van der Waals surface area contributed by atoms with E-state index in [1.54, 1.807) is 0 Å². The standard InChI is InChI=1S/C9H13Cl2NOS/c1-8(6-9(8,10)11)7(13)12-2-4-14-5-3-12/h2-6H2,1H3/t8-/m0/s1. The number of amides is 1. The monoisotopic (exact) mass is 253 g/mol. The second kappa shape index (κ2) is 3.46. The van der Waals surface area contributed by atoms with Gasteiger partial charge in [0.15, 0.2) is 0 Å². The number of carbonyl (C=O) groups is 1. The molecule has 80 valence electrons. The molecular formula is C9H13Cl2NOS. The molecule has 0 aromatic heterocycles. The van der Waals surface area contributed by atoms with Crippen LogP contribution in [0, 0.1) is 5.41 Å². The number of carbonyl (C=O) groups excluding carboxylic acids is 1. The average molecular weight is 254 g/mol. The van der Waals surface area contributed by atoms with Gasteiger partial charge in [0.1, 0.15) is 4.33 Å². The lowest BCUT2D eigenvalue weighted by molar-refractivity contribution is -0.136. The predicted molar refractivity (Wildman–Crippen MR) is 61.1 cm³/mol. The summed E-state index contributed by atoms with van der Waals surface area (Å²) in [5, 5.41) is 0. The minimum atomic E-state index is -0.825. The molecule has 2 aliphatic rings. The van der Waals surface area contributed by atoms with Crippen molar-refractivity contribution in [1.82, 2.24) is 4.90 Å². The van der Waals surface area contributed by atoms with Crippen LogP contribution in [-0.4, -0.2) is 39.7 Å². The molecule has 1 aliphatic carbocycles. The van der Waals surface area contributed by atoms with E-state index in [4.69, 9.17) is 23.2 Å². The van der Waals surface area contributed by atoms with Crippen LogP contribution in [0.4, 0.5) is 0 Å². The molecule has 0 spiro atoms. The molecule has 2 nitrogen and oxygen atoms in total. The third kappa shape index (κ3) is 1.63. The molecule has 1 atom stereocenters. The highest BCUT2D eigenvalue weighted by Crippen LogP contribution is 2.64. The van der Waals surface area contributed by atoms with Crippen molar-refractivity contribution >= 4 is 40.9 Å². The molecule has 5 heteroatoms. The summed E-state index contributed by atoms with van der Waals surface area (Å²) in [5.41, 5.74) is -0.530. The van der Waals surface area contributed by atoms with Crippen LogP contribution in [0.25, 0.3) is 0 Å². The van der Waals surface area contributed by atoms with Crippen LogP contribution in [-0.2, 0) is 4.79 Å². The fourth-order valence-corrected chi connectivity index (χ4v) is 3.35. The molecule has 14 heavy (non-hydrogen) atoms. The number of halogens is 2. The number of hydrogen-bond acceptors (Lipinski definition) is 2. The summed E-state index contributed by atoms with van der Waals surface area (Å²) in [6.45, 7) is 3.53. The van der Waals surface area contributed by atoms with E-state index in [0.29, 0.717) is 6.42 Å². The third-order valence-electron chi connectivity index (χ3n) is 3.03. The van der Waals surface area contributed by atoms with E-state index in [1.807, 2.05) is 23.6 Å². The van der Waals surface area contributed by atoms with E-state index >= 15 is 0 Å². The molecule has 0 aromatic carbocycles. The van der Waals surface area contributed by atoms with Crippen LogP contribution in [0.1, 0.15) is 13.3 Å². The van der Waals surface area contributed by atoms with Crippen molar-refractivity contribution in [3.63, 3.8) is 0 Å². The molecule has 2 fully saturated rings. The van der Waals surface area contributed by atoms with Crippen LogP contribution < -0.4 is 0 Å². The highest BCUT2D eigenvalue weighted by Gasteiger charge is 2.68. The Balaban J connectivity index is 2.02. The first-order valence-corrected chi connectivity index (χ1v) is 6.63. The van der Waals surface area contributed by atoms with Crippen molar-refractivity contribution in [2.75, 3.05) is 24.6 Å². The minimum Gasteiger partial charge on any atom is -0.340 e. The Hall–Kier alpha value is 0.400. The largest absolute Gasteiger partial charge is 0.340 e. The van der Waals surface area contributed by atoms with Crippen LogP contribution >= 0.6 is 35.0 Å². The van der Waals surface area contributed by atoms with E-state index in [2.05, 4.69) is 0 Å². The summed E-state index contributed by atoms with van der Waals surface area (Å²) < 4.78 is -0.825. The van der Waals surface area contributed by atoms with Crippen molar-refractivity contribution in [2.24, 2.45) is 5.41 Å². The van der Waals surface area contributed by atoms with Gasteiger partial charge in [-0.15, -0.1) is 23.2 Å². The van der Waals surface area contributed by atoms with Crippen molar-refractivity contribution in [3.05, 3.63) is 0 Å². The third-order valence-corrected chi connectivity index (χ3v) is 5.07. The SMILES string of the molecule is C[C@@]1(C(=O)N2CCSCC2)CC1(Cl)Cl. The molecule has 0 radical (unpaired) electrons. The number of alkyl halides is 2. The van der Waals surface area contributed by atoms with Gasteiger partial charge < -0.3 is 4.90 Å². The normalized spacial score (nSPS) is 35.5. The van der Waals surface area contributed by atoms with Gasteiger partial charge in [-0.3, -0.25) is 4.79 Å². The van der Waals surface area contributed by atoms with E-state index < -0.39 is 9.75 Å². The first-order valence-electron chi connectivity index (χ1n) is 4.72. The molecular weight excluding hydrogens is 241 g/mol. The van der Waals surface area contributed by atoms with E-state index in [9.17, 15) is 4.79 Å². The number of rotatable bonds is 1. The fraction of sp³-hybridized carbons (Fsp3) is 0.889. The first kappa shape index (κ1) is 10.9. The quantitative estimate of drug-likeness (QED) is 0.668. The molecule has 2 rings (SSSR count). The summed E-state index contributed by atoms with van der Waals surface area (Å²) >= 11 is 13.8. The maximum Gasteiger partial charge on any atom is 0.231 e. The van der Waals surface area contributed by atoms with Crippen LogP contribution in [0.15, 0.2) is 0 Å². The van der Waals surface area contributed by atoms with Gasteiger partial charge in [0.2, 0.25) is 5.91 Å². The lowest BCUT2D eigenvalue weighted by Gasteiger charge is -2.29. The summed E-state index contributed by atoms with van der Waals surface area (Å²) in [6.07, 6.45) is 0.589. The van der Waals surface area contributed by atoms with Gasteiger partial charge in [0.05, 0.1) is 5.41 Å². The second-order valence-electron chi connectivity index (χ2n) is 4.12. The topological polar surface area (TPSA) is 20.3 Å². The van der Waals surface area contributed by atoms with Gasteiger partial charge in [-0.2, -0.15) is 11.8 Å². The van der Waals surface area contributed by atoms with Gasteiger partial charge in [0.25, 0.3) is 0 Å². The van der Waals surface area contributed by atoms with E-state index in [0.717, 1.165) is 24.6 Å². The Morgan fingerprint density at radius 1 is 1.36 bits per heavy atom. The number of hydrogen-bond donors (Lipinski definition) is 0. The van der Waals surface area contributed by atoms with Gasteiger partial charge in [-0.1, -0.05) is 0 Å². The molecule has 1 saturated carbocycles. The zero-order valence-electron chi connectivity index (χ0n) is 8.06. The summed E-state index contributed by atoms with van der Waals surface area (Å²) in [7, 11) is 0. The molecule has 0 N–H and O–H groups in total. The Labute approximate surface area is 98.3 Å². The molecule has 1 heterocycles. The fourth-order valence-electron chi connectivity index (χ4n) is 1.75. The van der Waals surface area contributed by atoms with Crippen molar-refractivity contribution in [2.45, 2.75) is 17.7 Å². The summed E-state index contributed by atoms with van der Waals surface area (Å²) in [5.74, 6) is 2.18. The van der Waals surface area contributed by atoms with Gasteiger partial charge in [-0.05, 0) is 13.3 Å². The molecule has 0 bridgehead atoms. The van der Waals surface area contributed by atoms with E-state index in [1.165, 1.54) is 0 Å². The maximum absolute atomic E-state index is 12.0. The van der Waals surface area contributed by atoms with E-state index in [-0.39, 0.29) is 5.91 Å². The number of thioether (sulfide) groups is 1. The van der Waals surface area contributed by atoms with Gasteiger partial charge in [0, 0.05) is 24.6 Å². The zero-order chi connectivity index (χ0) is 10.4. The molecule has 1 aliphatic heterocycles. The zero-order valence-corrected chi connectivity index (χ0v) is 10.4. The van der Waals surface area contributed by atoms with Crippen molar-refractivity contribution in [1.29, 1.82) is 0 Å². The smallest absolute Gasteiger partial charge is 0.231 e. The highest BCUT2D eigenvalue weighted by atomic mass is 35.5. The second-order valence-corrected chi connectivity index (χ2v) is 6.83. The van der Waals surface area contributed by atoms with Crippen LogP contribution in [0.3, 0.4) is 0 Å². The van der Waals surface area contributed by atoms with Crippen LogP contribution in [0.5, 0.6) is 0 Å². The Kier molecular flexibility index (Phi) is 2.70. The van der Waals surface area contributed by atoms with Crippen molar-refractivity contribution in [3.8, 4) is 0 Å². The van der Waals surface area contributed by atoms with Gasteiger partial charge in [-0.25, -0.2) is 0 Å². The Morgan fingerprint density at radius 2 is 1.86 bits per heavy atom. The highest BCUT2D eigenvalue weighted by molar-refractivity contribution is 7.99. The maximum atomic E-state index is 12.0. The minimum absolute atomic E-state index is 0.128. The molecule has 0 unspecified atom stereocenters. The lowest BCUT2D eigenvalue weighted by Crippen LogP contribution is -2.43. The Bertz CT molecular complexity index is 266.